The molecule has 1 amide bonds. The third-order valence-electron chi connectivity index (χ3n) is 3.90. The average molecular weight is 312 g/mol. The number of ether oxygens (including phenoxy) is 1. The van der Waals surface area contributed by atoms with Gasteiger partial charge in [0.05, 0.1) is 18.1 Å². The number of nitrogens with one attached hydrogen (secondary N) is 1. The van der Waals surface area contributed by atoms with E-state index in [-0.39, 0.29) is 18.3 Å². The highest BCUT2D eigenvalue weighted by molar-refractivity contribution is 5.72. The van der Waals surface area contributed by atoms with E-state index in [9.17, 15) is 19.8 Å². The Bertz CT molecular complexity index is 619. The molecule has 0 spiro atoms. The number of rotatable bonds is 4. The van der Waals surface area contributed by atoms with Gasteiger partial charge in [0, 0.05) is 19.7 Å². The second-order valence-corrected chi connectivity index (χ2v) is 5.61. The van der Waals surface area contributed by atoms with E-state index >= 15 is 0 Å². The van der Waals surface area contributed by atoms with E-state index in [2.05, 4.69) is 10.3 Å². The Balaban J connectivity index is 2.41. The minimum Gasteiger partial charge on any atom is -0.394 e. The SMILES string of the molecule is CC(=O)NCC1(C)C(O)C(CO)OC1n1ccc(N)nc1=O. The summed E-state index contributed by atoms with van der Waals surface area (Å²) in [4.78, 5) is 26.8. The van der Waals surface area contributed by atoms with Crippen LogP contribution in [0, 0.1) is 5.41 Å². The van der Waals surface area contributed by atoms with Gasteiger partial charge in [-0.05, 0) is 6.07 Å². The summed E-state index contributed by atoms with van der Waals surface area (Å²) in [5.74, 6) is -0.204. The van der Waals surface area contributed by atoms with Gasteiger partial charge in [-0.3, -0.25) is 9.36 Å². The van der Waals surface area contributed by atoms with Crippen LogP contribution in [-0.4, -0.2) is 51.0 Å². The van der Waals surface area contributed by atoms with Crippen LogP contribution in [0.15, 0.2) is 17.1 Å². The van der Waals surface area contributed by atoms with Gasteiger partial charge in [-0.1, -0.05) is 6.92 Å². The van der Waals surface area contributed by atoms with Crippen molar-refractivity contribution in [3.05, 3.63) is 22.7 Å². The lowest BCUT2D eigenvalue weighted by Crippen LogP contribution is -2.47. The second-order valence-electron chi connectivity index (χ2n) is 5.61. The van der Waals surface area contributed by atoms with Crippen LogP contribution in [-0.2, 0) is 9.53 Å². The quantitative estimate of drug-likeness (QED) is 0.515. The maximum atomic E-state index is 12.0. The summed E-state index contributed by atoms with van der Waals surface area (Å²) in [6.45, 7) is 2.67. The number of amides is 1. The van der Waals surface area contributed by atoms with Crippen molar-refractivity contribution < 1.29 is 19.7 Å². The van der Waals surface area contributed by atoms with E-state index in [0.717, 1.165) is 0 Å². The zero-order chi connectivity index (χ0) is 16.5. The van der Waals surface area contributed by atoms with Crippen molar-refractivity contribution in [2.75, 3.05) is 18.9 Å². The minimum atomic E-state index is -1.07. The molecule has 1 aliphatic rings. The van der Waals surface area contributed by atoms with Crippen LogP contribution in [0.3, 0.4) is 0 Å². The fourth-order valence-corrected chi connectivity index (χ4v) is 2.60. The molecule has 9 heteroatoms. The molecule has 1 aliphatic heterocycles. The van der Waals surface area contributed by atoms with E-state index in [4.69, 9.17) is 10.5 Å². The molecule has 0 saturated carbocycles. The zero-order valence-corrected chi connectivity index (χ0v) is 12.4. The molecule has 1 aromatic heterocycles. The number of carbonyl (C=O) groups excluding carboxylic acids is 1. The smallest absolute Gasteiger partial charge is 0.351 e. The maximum absolute atomic E-state index is 12.0. The Hall–Kier alpha value is -1.97. The van der Waals surface area contributed by atoms with Crippen molar-refractivity contribution in [1.29, 1.82) is 0 Å². The van der Waals surface area contributed by atoms with Gasteiger partial charge < -0.3 is 26.0 Å². The summed E-state index contributed by atoms with van der Waals surface area (Å²) < 4.78 is 6.80. The van der Waals surface area contributed by atoms with E-state index < -0.39 is 36.1 Å². The van der Waals surface area contributed by atoms with E-state index in [0.29, 0.717) is 0 Å². The topological polar surface area (TPSA) is 140 Å². The molecule has 9 nitrogen and oxygen atoms in total. The standard InChI is InChI=1S/C13H20N4O5/c1-7(19)15-6-13(2)10(20)8(5-18)22-11(13)17-4-3-9(14)16-12(17)21/h3-4,8,10-11,18,20H,5-6H2,1-2H3,(H,15,19)(H2,14,16,21). The van der Waals surface area contributed by atoms with Crippen molar-refractivity contribution in [2.45, 2.75) is 32.3 Å². The molecule has 0 radical (unpaired) electrons. The Labute approximate surface area is 126 Å². The molecular formula is C13H20N4O5. The molecule has 0 aromatic carbocycles. The number of hydrogen-bond donors (Lipinski definition) is 4. The fraction of sp³-hybridized carbons (Fsp3) is 0.615. The first kappa shape index (κ1) is 16.4. The first-order valence-corrected chi connectivity index (χ1v) is 6.83. The van der Waals surface area contributed by atoms with Crippen LogP contribution in [0.25, 0.3) is 0 Å². The van der Waals surface area contributed by atoms with Crippen molar-refractivity contribution in [1.82, 2.24) is 14.9 Å². The third kappa shape index (κ3) is 2.82. The van der Waals surface area contributed by atoms with Crippen LogP contribution >= 0.6 is 0 Å². The summed E-state index contributed by atoms with van der Waals surface area (Å²) in [6, 6.07) is 1.43. The zero-order valence-electron chi connectivity index (χ0n) is 12.4. The van der Waals surface area contributed by atoms with Gasteiger partial charge >= 0.3 is 5.69 Å². The number of hydrogen-bond acceptors (Lipinski definition) is 7. The second kappa shape index (κ2) is 6.03. The van der Waals surface area contributed by atoms with Gasteiger partial charge in [-0.25, -0.2) is 4.79 Å². The number of aliphatic hydroxyl groups is 2. The summed E-state index contributed by atoms with van der Waals surface area (Å²) >= 11 is 0. The Morgan fingerprint density at radius 2 is 2.32 bits per heavy atom. The summed E-state index contributed by atoms with van der Waals surface area (Å²) in [5.41, 5.74) is 3.81. The van der Waals surface area contributed by atoms with Crippen LogP contribution in [0.1, 0.15) is 20.1 Å². The first-order chi connectivity index (χ1) is 10.3. The number of anilines is 1. The van der Waals surface area contributed by atoms with Crippen molar-refractivity contribution in [3.8, 4) is 0 Å². The van der Waals surface area contributed by atoms with Crippen molar-refractivity contribution >= 4 is 11.7 Å². The van der Waals surface area contributed by atoms with Crippen LogP contribution < -0.4 is 16.7 Å². The number of nitrogen functional groups attached to an aromatic ring is 1. The number of aromatic nitrogens is 2. The summed E-state index contributed by atoms with van der Waals surface area (Å²) in [7, 11) is 0. The monoisotopic (exact) mass is 312 g/mol. The molecule has 1 saturated heterocycles. The Morgan fingerprint density at radius 3 is 2.86 bits per heavy atom. The van der Waals surface area contributed by atoms with Crippen LogP contribution in [0.5, 0.6) is 0 Å². The number of nitrogens with zero attached hydrogens (tertiary/aromatic N) is 2. The van der Waals surface area contributed by atoms with Crippen LogP contribution in [0.4, 0.5) is 5.82 Å². The molecule has 0 aliphatic carbocycles. The predicted molar refractivity (Wildman–Crippen MR) is 76.7 cm³/mol. The molecule has 4 unspecified atom stereocenters. The molecule has 1 aromatic rings. The van der Waals surface area contributed by atoms with Gasteiger partial charge in [0.25, 0.3) is 0 Å². The van der Waals surface area contributed by atoms with Gasteiger partial charge in [0.2, 0.25) is 5.91 Å². The molecule has 0 bridgehead atoms. The highest BCUT2D eigenvalue weighted by Crippen LogP contribution is 2.44. The molecule has 22 heavy (non-hydrogen) atoms. The van der Waals surface area contributed by atoms with Crippen LogP contribution in [0.2, 0.25) is 0 Å². The largest absolute Gasteiger partial charge is 0.394 e. The molecule has 5 N–H and O–H groups in total. The molecular weight excluding hydrogens is 292 g/mol. The van der Waals surface area contributed by atoms with Gasteiger partial charge in [-0.2, -0.15) is 4.98 Å². The molecule has 2 rings (SSSR count). The van der Waals surface area contributed by atoms with E-state index in [1.54, 1.807) is 6.92 Å². The minimum absolute atomic E-state index is 0.0709. The molecule has 2 heterocycles. The molecule has 1 fully saturated rings. The summed E-state index contributed by atoms with van der Waals surface area (Å²) in [6.07, 6.45) is -1.42. The number of nitrogens with two attached hydrogens (primary N) is 1. The van der Waals surface area contributed by atoms with Gasteiger partial charge in [0.15, 0.2) is 0 Å². The molecule has 122 valence electrons. The van der Waals surface area contributed by atoms with Crippen molar-refractivity contribution in [2.24, 2.45) is 5.41 Å². The number of aliphatic hydroxyl groups excluding tert-OH is 2. The average Bonchev–Trinajstić information content (AvgIpc) is 2.70. The first-order valence-electron chi connectivity index (χ1n) is 6.83. The highest BCUT2D eigenvalue weighted by atomic mass is 16.5. The van der Waals surface area contributed by atoms with E-state index in [1.165, 1.54) is 23.8 Å². The van der Waals surface area contributed by atoms with Gasteiger partial charge in [0.1, 0.15) is 18.1 Å². The summed E-state index contributed by atoms with van der Waals surface area (Å²) in [5, 5.41) is 22.3. The van der Waals surface area contributed by atoms with Crippen molar-refractivity contribution in [3.63, 3.8) is 0 Å². The Kier molecular flexibility index (Phi) is 4.50. The number of carbonyl (C=O) groups is 1. The fourth-order valence-electron chi connectivity index (χ4n) is 2.60. The third-order valence-corrected chi connectivity index (χ3v) is 3.90. The highest BCUT2D eigenvalue weighted by Gasteiger charge is 2.54. The molecule has 4 atom stereocenters. The van der Waals surface area contributed by atoms with E-state index in [1.807, 2.05) is 0 Å². The predicted octanol–water partition coefficient (Wildman–Crippen LogP) is -1.78. The lowest BCUT2D eigenvalue weighted by Gasteiger charge is -2.33. The Morgan fingerprint density at radius 1 is 1.64 bits per heavy atom. The normalized spacial score (nSPS) is 31.2. The van der Waals surface area contributed by atoms with Gasteiger partial charge in [-0.15, -0.1) is 0 Å². The lowest BCUT2D eigenvalue weighted by molar-refractivity contribution is -0.120. The maximum Gasteiger partial charge on any atom is 0.351 e. The lowest BCUT2D eigenvalue weighted by atomic mass is 9.82.